The SMILES string of the molecule is C[NH+](CC(=O)NCc1cccc(Cl)c1)CC(=O)Nc1ccc(F)c(F)c1F. The van der Waals surface area contributed by atoms with Crippen molar-refractivity contribution < 1.29 is 27.7 Å². The van der Waals surface area contributed by atoms with Crippen molar-refractivity contribution in [2.45, 2.75) is 6.54 Å². The molecule has 0 aliphatic heterocycles. The lowest BCUT2D eigenvalue weighted by atomic mass is 10.2. The topological polar surface area (TPSA) is 62.6 Å². The first kappa shape index (κ1) is 20.7. The van der Waals surface area contributed by atoms with E-state index in [4.69, 9.17) is 11.6 Å². The average Bonchev–Trinajstić information content (AvgIpc) is 2.60. The Kier molecular flexibility index (Phi) is 7.20. The number of amides is 2. The van der Waals surface area contributed by atoms with Gasteiger partial charge in [-0.3, -0.25) is 9.59 Å². The maximum absolute atomic E-state index is 13.6. The van der Waals surface area contributed by atoms with Gasteiger partial charge >= 0.3 is 0 Å². The fourth-order valence-corrected chi connectivity index (χ4v) is 2.55. The molecule has 2 aromatic rings. The molecule has 1 unspecified atom stereocenters. The van der Waals surface area contributed by atoms with Gasteiger partial charge in [-0.15, -0.1) is 0 Å². The number of carbonyl (C=O) groups excluding carboxylic acids is 2. The lowest BCUT2D eigenvalue weighted by molar-refractivity contribution is -0.862. The fourth-order valence-electron chi connectivity index (χ4n) is 2.34. The van der Waals surface area contributed by atoms with Crippen molar-refractivity contribution in [3.05, 3.63) is 64.4 Å². The molecule has 2 amide bonds. The fraction of sp³-hybridized carbons (Fsp3) is 0.222. The van der Waals surface area contributed by atoms with Gasteiger partial charge in [0, 0.05) is 11.6 Å². The molecule has 0 fully saturated rings. The Morgan fingerprint density at radius 3 is 2.44 bits per heavy atom. The molecule has 0 spiro atoms. The van der Waals surface area contributed by atoms with Crippen LogP contribution in [0.2, 0.25) is 5.02 Å². The number of hydrogen-bond donors (Lipinski definition) is 3. The zero-order chi connectivity index (χ0) is 20.0. The smallest absolute Gasteiger partial charge is 0.279 e. The summed E-state index contributed by atoms with van der Waals surface area (Å²) in [7, 11) is 1.60. The van der Waals surface area contributed by atoms with Gasteiger partial charge in [0.05, 0.1) is 12.7 Å². The van der Waals surface area contributed by atoms with Crippen LogP contribution in [0.15, 0.2) is 36.4 Å². The Bertz CT molecular complexity index is 849. The van der Waals surface area contributed by atoms with Crippen LogP contribution in [-0.4, -0.2) is 32.0 Å². The molecular weight excluding hydrogens is 383 g/mol. The Morgan fingerprint density at radius 2 is 1.74 bits per heavy atom. The largest absolute Gasteiger partial charge is 0.347 e. The second kappa shape index (κ2) is 9.38. The van der Waals surface area contributed by atoms with E-state index in [9.17, 15) is 22.8 Å². The maximum Gasteiger partial charge on any atom is 0.279 e. The van der Waals surface area contributed by atoms with Gasteiger partial charge in [0.25, 0.3) is 11.8 Å². The van der Waals surface area contributed by atoms with E-state index in [1.54, 1.807) is 25.2 Å². The van der Waals surface area contributed by atoms with Crippen molar-refractivity contribution in [2.75, 3.05) is 25.5 Å². The van der Waals surface area contributed by atoms with Crippen LogP contribution in [0, 0.1) is 17.5 Å². The molecule has 0 bridgehead atoms. The molecule has 9 heteroatoms. The molecule has 27 heavy (non-hydrogen) atoms. The number of rotatable bonds is 7. The van der Waals surface area contributed by atoms with Gasteiger partial charge in [-0.2, -0.15) is 0 Å². The predicted molar refractivity (Wildman–Crippen MR) is 94.9 cm³/mol. The van der Waals surface area contributed by atoms with Crippen LogP contribution < -0.4 is 15.5 Å². The van der Waals surface area contributed by atoms with Crippen molar-refractivity contribution in [1.29, 1.82) is 0 Å². The Morgan fingerprint density at radius 1 is 1.04 bits per heavy atom. The number of likely N-dealkylation sites (N-methyl/N-ethyl adjacent to an activating group) is 1. The highest BCUT2D eigenvalue weighted by Crippen LogP contribution is 2.19. The minimum atomic E-state index is -1.66. The second-order valence-electron chi connectivity index (χ2n) is 5.99. The van der Waals surface area contributed by atoms with E-state index in [-0.39, 0.29) is 19.0 Å². The molecule has 0 aromatic heterocycles. The van der Waals surface area contributed by atoms with Gasteiger partial charge in [0.1, 0.15) is 0 Å². The third-order valence-corrected chi connectivity index (χ3v) is 3.85. The Balaban J connectivity index is 1.80. The summed E-state index contributed by atoms with van der Waals surface area (Å²) < 4.78 is 39.6. The van der Waals surface area contributed by atoms with Gasteiger partial charge in [-0.05, 0) is 29.8 Å². The Labute approximate surface area is 159 Å². The molecule has 1 atom stereocenters. The summed E-state index contributed by atoms with van der Waals surface area (Å²) in [4.78, 5) is 24.4. The van der Waals surface area contributed by atoms with Crippen LogP contribution in [-0.2, 0) is 16.1 Å². The molecule has 0 radical (unpaired) electrons. The van der Waals surface area contributed by atoms with Crippen molar-refractivity contribution in [2.24, 2.45) is 0 Å². The maximum atomic E-state index is 13.6. The lowest BCUT2D eigenvalue weighted by Crippen LogP contribution is -3.11. The minimum Gasteiger partial charge on any atom is -0.347 e. The standard InChI is InChI=1S/C18H17ClF3N3O2/c1-25(9-15(26)23-8-11-3-2-4-12(19)7-11)10-16(27)24-14-6-5-13(20)17(21)18(14)22/h2-7H,8-10H2,1H3,(H,23,26)(H,24,27)/p+1. The highest BCUT2D eigenvalue weighted by Gasteiger charge is 2.18. The number of quaternary nitrogens is 1. The van der Waals surface area contributed by atoms with Gasteiger partial charge in [-0.25, -0.2) is 13.2 Å². The molecular formula is C18H18ClF3N3O2+. The highest BCUT2D eigenvalue weighted by molar-refractivity contribution is 6.30. The van der Waals surface area contributed by atoms with E-state index in [1.807, 2.05) is 6.07 Å². The number of anilines is 1. The molecule has 2 rings (SSSR count). The molecule has 0 heterocycles. The van der Waals surface area contributed by atoms with Gasteiger partial charge in [0.2, 0.25) is 0 Å². The van der Waals surface area contributed by atoms with E-state index >= 15 is 0 Å². The molecule has 2 aromatic carbocycles. The summed E-state index contributed by atoms with van der Waals surface area (Å²) in [6.45, 7) is 0.121. The van der Waals surface area contributed by atoms with Gasteiger partial charge in [-0.1, -0.05) is 23.7 Å². The molecule has 5 nitrogen and oxygen atoms in total. The summed E-state index contributed by atoms with van der Waals surface area (Å²) in [5, 5.41) is 5.42. The van der Waals surface area contributed by atoms with E-state index in [1.165, 1.54) is 0 Å². The van der Waals surface area contributed by atoms with Gasteiger partial charge in [0.15, 0.2) is 30.5 Å². The van der Waals surface area contributed by atoms with E-state index in [0.717, 1.165) is 11.6 Å². The van der Waals surface area contributed by atoms with Crippen LogP contribution in [0.5, 0.6) is 0 Å². The van der Waals surface area contributed by atoms with Crippen LogP contribution >= 0.6 is 11.6 Å². The molecule has 0 aliphatic carbocycles. The van der Waals surface area contributed by atoms with Crippen LogP contribution in [0.25, 0.3) is 0 Å². The van der Waals surface area contributed by atoms with Crippen molar-refractivity contribution in [3.63, 3.8) is 0 Å². The predicted octanol–water partition coefficient (Wildman–Crippen LogP) is 1.53. The number of benzene rings is 2. The van der Waals surface area contributed by atoms with Crippen molar-refractivity contribution >= 4 is 29.1 Å². The summed E-state index contributed by atoms with van der Waals surface area (Å²) in [6.07, 6.45) is 0. The normalized spacial score (nSPS) is 11.7. The molecule has 0 saturated carbocycles. The lowest BCUT2D eigenvalue weighted by Gasteiger charge is -2.14. The summed E-state index contributed by atoms with van der Waals surface area (Å²) in [6, 6.07) is 8.67. The van der Waals surface area contributed by atoms with E-state index in [0.29, 0.717) is 22.5 Å². The van der Waals surface area contributed by atoms with E-state index in [2.05, 4.69) is 10.6 Å². The summed E-state index contributed by atoms with van der Waals surface area (Å²) in [5.74, 6) is -5.40. The monoisotopic (exact) mass is 400 g/mol. The molecule has 0 aliphatic rings. The Hall–Kier alpha value is -2.58. The third-order valence-electron chi connectivity index (χ3n) is 3.61. The zero-order valence-corrected chi connectivity index (χ0v) is 15.2. The third kappa shape index (κ3) is 6.26. The first-order chi connectivity index (χ1) is 12.8. The average molecular weight is 401 g/mol. The first-order valence-corrected chi connectivity index (χ1v) is 8.40. The van der Waals surface area contributed by atoms with Crippen LogP contribution in [0.1, 0.15) is 5.56 Å². The summed E-state index contributed by atoms with van der Waals surface area (Å²) >= 11 is 5.87. The summed E-state index contributed by atoms with van der Waals surface area (Å²) in [5.41, 5.74) is 0.372. The number of nitrogens with one attached hydrogen (secondary N) is 3. The van der Waals surface area contributed by atoms with Crippen molar-refractivity contribution in [1.82, 2.24) is 5.32 Å². The molecule has 3 N–H and O–H groups in total. The van der Waals surface area contributed by atoms with E-state index < -0.39 is 29.0 Å². The quantitative estimate of drug-likeness (QED) is 0.617. The second-order valence-corrected chi connectivity index (χ2v) is 6.42. The van der Waals surface area contributed by atoms with Gasteiger partial charge < -0.3 is 15.5 Å². The first-order valence-electron chi connectivity index (χ1n) is 8.02. The van der Waals surface area contributed by atoms with Crippen molar-refractivity contribution in [3.8, 4) is 0 Å². The number of halogens is 4. The number of carbonyl (C=O) groups is 2. The molecule has 0 saturated heterocycles. The number of hydrogen-bond acceptors (Lipinski definition) is 2. The molecule has 144 valence electrons. The minimum absolute atomic E-state index is 0.00571. The van der Waals surface area contributed by atoms with Crippen LogP contribution in [0.4, 0.5) is 18.9 Å². The van der Waals surface area contributed by atoms with Crippen LogP contribution in [0.3, 0.4) is 0 Å². The highest BCUT2D eigenvalue weighted by atomic mass is 35.5. The zero-order valence-electron chi connectivity index (χ0n) is 14.4.